The number of halogens is 4. The normalized spacial score (nSPS) is 10.7. The van der Waals surface area contributed by atoms with E-state index in [-0.39, 0.29) is 20.4 Å². The number of nitrogens with zero attached hydrogens (tertiary/aromatic N) is 1. The molecule has 0 aliphatic carbocycles. The third-order valence-corrected chi connectivity index (χ3v) is 2.69. The van der Waals surface area contributed by atoms with Gasteiger partial charge >= 0.3 is 0 Å². The Balaban J connectivity index is 3.50. The highest BCUT2D eigenvalue weighted by atomic mass is 127. The van der Waals surface area contributed by atoms with E-state index in [4.69, 9.17) is 11.6 Å². The molecule has 0 N–H and O–H groups in total. The Morgan fingerprint density at radius 1 is 1.64 bits per heavy atom. The number of hydrogen-bond acceptors (Lipinski definition) is 2. The number of aromatic nitrogens is 1. The van der Waals surface area contributed by atoms with Crippen LogP contribution in [0, 0.1) is 10.6 Å². The monoisotopic (exact) mass is 331 g/mol. The Morgan fingerprint density at radius 3 is 2.57 bits per heavy atom. The lowest BCUT2D eigenvalue weighted by Gasteiger charge is -2.09. The van der Waals surface area contributed by atoms with Gasteiger partial charge in [0.25, 0.3) is 11.7 Å². The van der Waals surface area contributed by atoms with Crippen LogP contribution in [0.15, 0.2) is 6.20 Å². The van der Waals surface area contributed by atoms with E-state index >= 15 is 0 Å². The van der Waals surface area contributed by atoms with Crippen molar-refractivity contribution in [1.29, 1.82) is 0 Å². The summed E-state index contributed by atoms with van der Waals surface area (Å²) in [5.74, 6) is 0. The topological polar surface area (TPSA) is 30.0 Å². The van der Waals surface area contributed by atoms with Crippen molar-refractivity contribution in [2.24, 2.45) is 0 Å². The first kappa shape index (κ1) is 11.8. The smallest absolute Gasteiger partial charge is 0.265 e. The number of rotatable bonds is 2. The zero-order valence-corrected chi connectivity index (χ0v) is 9.94. The first-order chi connectivity index (χ1) is 6.45. The van der Waals surface area contributed by atoms with E-state index in [1.165, 1.54) is 13.1 Å². The lowest BCUT2D eigenvalue weighted by Crippen LogP contribution is -2.06. The van der Waals surface area contributed by atoms with Gasteiger partial charge in [-0.3, -0.25) is 4.79 Å². The maximum absolute atomic E-state index is 12.6. The van der Waals surface area contributed by atoms with Gasteiger partial charge in [-0.1, -0.05) is 0 Å². The van der Waals surface area contributed by atoms with Crippen LogP contribution in [0.1, 0.15) is 27.9 Å². The molecule has 0 aliphatic rings. The molecule has 0 bridgehead atoms. The first-order valence-electron chi connectivity index (χ1n) is 3.58. The second kappa shape index (κ2) is 4.48. The Bertz CT molecular complexity index is 384. The molecule has 1 heterocycles. The third kappa shape index (κ3) is 2.20. The van der Waals surface area contributed by atoms with Crippen molar-refractivity contribution in [3.05, 3.63) is 26.6 Å². The Kier molecular flexibility index (Phi) is 3.77. The van der Waals surface area contributed by atoms with Crippen LogP contribution in [0.4, 0.5) is 8.78 Å². The fourth-order valence-corrected chi connectivity index (χ4v) is 2.09. The molecule has 6 heteroatoms. The van der Waals surface area contributed by atoms with Gasteiger partial charge in [0.2, 0.25) is 0 Å². The molecule has 0 spiro atoms. The van der Waals surface area contributed by atoms with Gasteiger partial charge in [0.15, 0.2) is 0 Å². The zero-order chi connectivity index (χ0) is 10.9. The minimum Gasteiger partial charge on any atom is -0.275 e. The summed E-state index contributed by atoms with van der Waals surface area (Å²) in [5, 5.41) is -0.902. The van der Waals surface area contributed by atoms with Crippen molar-refractivity contribution in [3.63, 3.8) is 0 Å². The molecule has 0 saturated heterocycles. The highest BCUT2D eigenvalue weighted by Gasteiger charge is 2.22. The van der Waals surface area contributed by atoms with Crippen LogP contribution in [0.25, 0.3) is 0 Å². The van der Waals surface area contributed by atoms with Crippen LogP contribution in [0.5, 0.6) is 0 Å². The van der Waals surface area contributed by atoms with E-state index in [1.807, 2.05) is 0 Å². The van der Waals surface area contributed by atoms with Crippen LogP contribution >= 0.6 is 34.2 Å². The van der Waals surface area contributed by atoms with Crippen LogP contribution in [0.2, 0.25) is 0 Å². The summed E-state index contributed by atoms with van der Waals surface area (Å²) in [6.45, 7) is 1.47. The van der Waals surface area contributed by atoms with Crippen molar-refractivity contribution in [2.45, 2.75) is 13.3 Å². The molecule has 0 aliphatic heterocycles. The Morgan fingerprint density at radius 2 is 2.21 bits per heavy atom. The Hall–Kier alpha value is -0.300. The average molecular weight is 331 g/mol. The molecule has 2 nitrogen and oxygen atoms in total. The molecule has 0 aromatic carbocycles. The molecular formula is C8H5ClF2INO. The highest BCUT2D eigenvalue weighted by Crippen LogP contribution is 2.29. The summed E-state index contributed by atoms with van der Waals surface area (Å²) >= 11 is 6.91. The van der Waals surface area contributed by atoms with Crippen LogP contribution in [-0.4, -0.2) is 10.2 Å². The van der Waals surface area contributed by atoms with Crippen molar-refractivity contribution in [3.8, 4) is 0 Å². The summed E-state index contributed by atoms with van der Waals surface area (Å²) in [6, 6.07) is 0. The SMILES string of the molecule is Cc1cnc(I)c(C(=O)Cl)c1C(F)F. The largest absolute Gasteiger partial charge is 0.275 e. The van der Waals surface area contributed by atoms with Crippen molar-refractivity contribution >= 4 is 39.4 Å². The molecular weight excluding hydrogens is 326 g/mol. The molecule has 1 aromatic rings. The molecule has 1 aromatic heterocycles. The van der Waals surface area contributed by atoms with Crippen molar-refractivity contribution in [2.75, 3.05) is 0 Å². The second-order valence-electron chi connectivity index (χ2n) is 2.60. The predicted molar refractivity (Wildman–Crippen MR) is 56.8 cm³/mol. The van der Waals surface area contributed by atoms with Crippen molar-refractivity contribution < 1.29 is 13.6 Å². The molecule has 0 saturated carbocycles. The minimum atomic E-state index is -2.72. The van der Waals surface area contributed by atoms with Gasteiger partial charge in [-0.05, 0) is 46.7 Å². The van der Waals surface area contributed by atoms with Crippen LogP contribution < -0.4 is 0 Å². The average Bonchev–Trinajstić information content (AvgIpc) is 2.07. The van der Waals surface area contributed by atoms with E-state index in [2.05, 4.69) is 4.98 Å². The summed E-state index contributed by atoms with van der Waals surface area (Å²) in [6.07, 6.45) is -1.42. The van der Waals surface area contributed by atoms with Gasteiger partial charge in [0.05, 0.1) is 5.56 Å². The standard InChI is InChI=1S/C8H5ClF2INO/c1-3-2-13-8(12)5(6(9)14)4(3)7(10)11/h2,7H,1H3. The lowest BCUT2D eigenvalue weighted by molar-refractivity contribution is 0.106. The number of aryl methyl sites for hydroxylation is 1. The summed E-state index contributed by atoms with van der Waals surface area (Å²) in [4.78, 5) is 14.7. The van der Waals surface area contributed by atoms with Crippen molar-refractivity contribution in [1.82, 2.24) is 4.98 Å². The van der Waals surface area contributed by atoms with Gasteiger partial charge in [0.1, 0.15) is 3.70 Å². The molecule has 14 heavy (non-hydrogen) atoms. The number of pyridine rings is 1. The van der Waals surface area contributed by atoms with E-state index in [0.717, 1.165) is 0 Å². The number of carbonyl (C=O) groups excluding carboxylic acids is 1. The van der Waals surface area contributed by atoms with Crippen LogP contribution in [-0.2, 0) is 0 Å². The summed E-state index contributed by atoms with van der Waals surface area (Å²) < 4.78 is 25.4. The van der Waals surface area contributed by atoms with Gasteiger partial charge < -0.3 is 0 Å². The van der Waals surface area contributed by atoms with E-state index in [0.29, 0.717) is 0 Å². The molecule has 1 rings (SSSR count). The number of alkyl halides is 2. The van der Waals surface area contributed by atoms with E-state index in [1.54, 1.807) is 22.6 Å². The maximum Gasteiger partial charge on any atom is 0.265 e. The third-order valence-electron chi connectivity index (χ3n) is 1.69. The first-order valence-corrected chi connectivity index (χ1v) is 5.03. The zero-order valence-electron chi connectivity index (χ0n) is 7.02. The number of carbonyl (C=O) groups is 1. The molecule has 0 atom stereocenters. The second-order valence-corrected chi connectivity index (χ2v) is 3.96. The predicted octanol–water partition coefficient (Wildman–Crippen LogP) is 3.31. The highest BCUT2D eigenvalue weighted by molar-refractivity contribution is 14.1. The fourth-order valence-electron chi connectivity index (χ4n) is 1.06. The Labute approximate surface area is 97.8 Å². The molecule has 0 amide bonds. The fraction of sp³-hybridized carbons (Fsp3) is 0.250. The van der Waals surface area contributed by atoms with Gasteiger partial charge in [-0.15, -0.1) is 0 Å². The van der Waals surface area contributed by atoms with E-state index < -0.39 is 11.7 Å². The molecule has 76 valence electrons. The minimum absolute atomic E-state index is 0.192. The van der Waals surface area contributed by atoms with Crippen LogP contribution in [0.3, 0.4) is 0 Å². The maximum atomic E-state index is 12.6. The summed E-state index contributed by atoms with van der Waals surface area (Å²) in [5.41, 5.74) is -0.254. The van der Waals surface area contributed by atoms with Gasteiger partial charge in [-0.25, -0.2) is 13.8 Å². The number of hydrogen-bond donors (Lipinski definition) is 0. The molecule has 0 unspecified atom stereocenters. The van der Waals surface area contributed by atoms with Gasteiger partial charge in [0, 0.05) is 11.8 Å². The molecule has 0 fully saturated rings. The van der Waals surface area contributed by atoms with E-state index in [9.17, 15) is 13.6 Å². The summed E-state index contributed by atoms with van der Waals surface area (Å²) in [7, 11) is 0. The lowest BCUT2D eigenvalue weighted by atomic mass is 10.1. The molecule has 0 radical (unpaired) electrons. The quantitative estimate of drug-likeness (QED) is 0.473. The van der Waals surface area contributed by atoms with Gasteiger partial charge in [-0.2, -0.15) is 0 Å².